The van der Waals surface area contributed by atoms with Gasteiger partial charge < -0.3 is 9.47 Å². The van der Waals surface area contributed by atoms with Crippen molar-refractivity contribution in [2.45, 2.75) is 50.9 Å². The SMILES string of the molecule is Cn1cnnc1CC1CCN(c2nc(C3CCCC3)ns2)CC1. The molecule has 2 aliphatic rings. The van der Waals surface area contributed by atoms with Gasteiger partial charge in [-0.3, -0.25) is 0 Å². The predicted octanol–water partition coefficient (Wildman–Crippen LogP) is 2.78. The Labute approximate surface area is 141 Å². The Morgan fingerprint density at radius 1 is 1.17 bits per heavy atom. The molecule has 7 heteroatoms. The monoisotopic (exact) mass is 332 g/mol. The van der Waals surface area contributed by atoms with Crippen molar-refractivity contribution in [3.05, 3.63) is 18.0 Å². The van der Waals surface area contributed by atoms with E-state index in [4.69, 9.17) is 4.98 Å². The summed E-state index contributed by atoms with van der Waals surface area (Å²) in [7, 11) is 2.02. The standard InChI is InChI=1S/C16H24N6S/c1-21-11-17-19-14(21)10-12-6-8-22(9-7-12)16-18-15(20-23-16)13-4-2-3-5-13/h11-13H,2-10H2,1H3. The van der Waals surface area contributed by atoms with Crippen LogP contribution in [0.1, 0.15) is 56.1 Å². The predicted molar refractivity (Wildman–Crippen MR) is 90.8 cm³/mol. The number of piperidine rings is 1. The smallest absolute Gasteiger partial charge is 0.205 e. The fraction of sp³-hybridized carbons (Fsp3) is 0.750. The molecular formula is C16H24N6S. The first-order valence-electron chi connectivity index (χ1n) is 8.71. The summed E-state index contributed by atoms with van der Waals surface area (Å²) in [5, 5.41) is 9.32. The molecule has 124 valence electrons. The van der Waals surface area contributed by atoms with Gasteiger partial charge in [0.15, 0.2) is 0 Å². The Hall–Kier alpha value is -1.50. The van der Waals surface area contributed by atoms with Gasteiger partial charge in [0.05, 0.1) is 0 Å². The summed E-state index contributed by atoms with van der Waals surface area (Å²) in [5.74, 6) is 3.52. The molecule has 0 bridgehead atoms. The highest BCUT2D eigenvalue weighted by Gasteiger charge is 2.25. The van der Waals surface area contributed by atoms with E-state index in [1.165, 1.54) is 38.5 Å². The summed E-state index contributed by atoms with van der Waals surface area (Å²) in [6, 6.07) is 0. The molecule has 2 fully saturated rings. The number of hydrogen-bond donors (Lipinski definition) is 0. The van der Waals surface area contributed by atoms with Crippen LogP contribution in [0, 0.1) is 5.92 Å². The number of aryl methyl sites for hydroxylation is 1. The number of rotatable bonds is 4. The Morgan fingerprint density at radius 2 is 1.96 bits per heavy atom. The lowest BCUT2D eigenvalue weighted by molar-refractivity contribution is 0.393. The number of anilines is 1. The summed E-state index contributed by atoms with van der Waals surface area (Å²) in [6.45, 7) is 2.17. The van der Waals surface area contributed by atoms with E-state index in [-0.39, 0.29) is 0 Å². The van der Waals surface area contributed by atoms with E-state index in [1.807, 2.05) is 11.6 Å². The first-order valence-corrected chi connectivity index (χ1v) is 9.48. The zero-order valence-electron chi connectivity index (χ0n) is 13.7. The van der Waals surface area contributed by atoms with E-state index in [9.17, 15) is 0 Å². The molecule has 0 amide bonds. The van der Waals surface area contributed by atoms with Gasteiger partial charge in [-0.15, -0.1) is 10.2 Å². The van der Waals surface area contributed by atoms with Crippen LogP contribution in [0.3, 0.4) is 0 Å². The first kappa shape index (κ1) is 15.1. The third-order valence-electron chi connectivity index (χ3n) is 5.31. The van der Waals surface area contributed by atoms with Gasteiger partial charge in [0, 0.05) is 44.0 Å². The largest absolute Gasteiger partial charge is 0.347 e. The normalized spacial score (nSPS) is 20.5. The highest BCUT2D eigenvalue weighted by molar-refractivity contribution is 7.09. The van der Waals surface area contributed by atoms with Crippen molar-refractivity contribution in [2.75, 3.05) is 18.0 Å². The Kier molecular flexibility index (Phi) is 4.29. The zero-order valence-corrected chi connectivity index (χ0v) is 14.5. The maximum Gasteiger partial charge on any atom is 0.205 e. The lowest BCUT2D eigenvalue weighted by Crippen LogP contribution is -2.34. The fourth-order valence-electron chi connectivity index (χ4n) is 3.78. The molecule has 0 spiro atoms. The van der Waals surface area contributed by atoms with Crippen LogP contribution in [0.5, 0.6) is 0 Å². The average molecular weight is 332 g/mol. The minimum atomic E-state index is 0.619. The van der Waals surface area contributed by atoms with E-state index in [1.54, 1.807) is 17.9 Å². The molecule has 1 saturated heterocycles. The molecule has 6 nitrogen and oxygen atoms in total. The molecule has 2 aromatic rings. The molecule has 0 atom stereocenters. The summed E-state index contributed by atoms with van der Waals surface area (Å²) in [6.07, 6.45) is 10.5. The van der Waals surface area contributed by atoms with Crippen LogP contribution in [0.2, 0.25) is 0 Å². The van der Waals surface area contributed by atoms with Gasteiger partial charge in [-0.1, -0.05) is 12.8 Å². The molecule has 4 rings (SSSR count). The Morgan fingerprint density at radius 3 is 2.65 bits per heavy atom. The lowest BCUT2D eigenvalue weighted by Gasteiger charge is -2.31. The Bertz CT molecular complexity index is 637. The molecule has 1 aliphatic carbocycles. The van der Waals surface area contributed by atoms with Gasteiger partial charge in [0.1, 0.15) is 18.0 Å². The van der Waals surface area contributed by atoms with E-state index in [0.717, 1.165) is 36.3 Å². The van der Waals surface area contributed by atoms with Crippen LogP contribution >= 0.6 is 11.5 Å². The van der Waals surface area contributed by atoms with Crippen LogP contribution in [0.4, 0.5) is 5.13 Å². The Balaban J connectivity index is 1.33. The highest BCUT2D eigenvalue weighted by atomic mass is 32.1. The third kappa shape index (κ3) is 3.24. The van der Waals surface area contributed by atoms with Crippen molar-refractivity contribution >= 4 is 16.7 Å². The van der Waals surface area contributed by atoms with E-state index >= 15 is 0 Å². The van der Waals surface area contributed by atoms with Crippen molar-refractivity contribution < 1.29 is 0 Å². The molecule has 23 heavy (non-hydrogen) atoms. The molecule has 3 heterocycles. The molecule has 1 aliphatic heterocycles. The second-order valence-electron chi connectivity index (χ2n) is 6.91. The van der Waals surface area contributed by atoms with Crippen LogP contribution in [0.15, 0.2) is 6.33 Å². The van der Waals surface area contributed by atoms with E-state index in [0.29, 0.717) is 11.8 Å². The summed E-state index contributed by atoms with van der Waals surface area (Å²) < 4.78 is 6.66. The minimum Gasteiger partial charge on any atom is -0.347 e. The fourth-order valence-corrected chi connectivity index (χ4v) is 4.58. The lowest BCUT2D eigenvalue weighted by atomic mass is 9.93. The van der Waals surface area contributed by atoms with Crippen molar-refractivity contribution in [2.24, 2.45) is 13.0 Å². The number of hydrogen-bond acceptors (Lipinski definition) is 6. The van der Waals surface area contributed by atoms with Crippen LogP contribution in [0.25, 0.3) is 0 Å². The number of nitrogens with zero attached hydrogens (tertiary/aromatic N) is 6. The van der Waals surface area contributed by atoms with Crippen LogP contribution in [-0.2, 0) is 13.5 Å². The van der Waals surface area contributed by atoms with Crippen molar-refractivity contribution in [1.82, 2.24) is 24.1 Å². The quantitative estimate of drug-likeness (QED) is 0.861. The van der Waals surface area contributed by atoms with Crippen LogP contribution < -0.4 is 4.90 Å². The summed E-state index contributed by atoms with van der Waals surface area (Å²) >= 11 is 1.59. The molecular weight excluding hydrogens is 308 g/mol. The van der Waals surface area contributed by atoms with E-state index < -0.39 is 0 Å². The molecule has 0 unspecified atom stereocenters. The minimum absolute atomic E-state index is 0.619. The molecule has 0 aromatic carbocycles. The molecule has 1 saturated carbocycles. The van der Waals surface area contributed by atoms with Gasteiger partial charge >= 0.3 is 0 Å². The second kappa shape index (κ2) is 6.55. The molecule has 0 N–H and O–H groups in total. The number of aromatic nitrogens is 5. The van der Waals surface area contributed by atoms with Gasteiger partial charge in [-0.25, -0.2) is 4.98 Å². The zero-order chi connectivity index (χ0) is 15.6. The maximum atomic E-state index is 4.84. The third-order valence-corrected chi connectivity index (χ3v) is 6.10. The van der Waals surface area contributed by atoms with Gasteiger partial charge in [-0.05, 0) is 31.6 Å². The highest BCUT2D eigenvalue weighted by Crippen LogP contribution is 2.35. The van der Waals surface area contributed by atoms with Crippen LogP contribution in [-0.4, -0.2) is 37.2 Å². The molecule has 0 radical (unpaired) electrons. The molecule has 2 aromatic heterocycles. The summed E-state index contributed by atoms with van der Waals surface area (Å²) in [5.41, 5.74) is 0. The van der Waals surface area contributed by atoms with Gasteiger partial charge in [0.2, 0.25) is 5.13 Å². The summed E-state index contributed by atoms with van der Waals surface area (Å²) in [4.78, 5) is 7.26. The maximum absolute atomic E-state index is 4.84. The van der Waals surface area contributed by atoms with E-state index in [2.05, 4.69) is 19.5 Å². The topological polar surface area (TPSA) is 59.7 Å². The first-order chi connectivity index (χ1) is 11.3. The van der Waals surface area contributed by atoms with Crippen molar-refractivity contribution in [3.63, 3.8) is 0 Å². The van der Waals surface area contributed by atoms with Crippen molar-refractivity contribution in [3.8, 4) is 0 Å². The van der Waals surface area contributed by atoms with Gasteiger partial charge in [0.25, 0.3) is 0 Å². The average Bonchev–Trinajstić information content (AvgIpc) is 3.30. The van der Waals surface area contributed by atoms with Crippen molar-refractivity contribution in [1.29, 1.82) is 0 Å². The second-order valence-corrected chi connectivity index (χ2v) is 7.64. The van der Waals surface area contributed by atoms with Gasteiger partial charge in [-0.2, -0.15) is 4.37 Å².